The van der Waals surface area contributed by atoms with E-state index in [9.17, 15) is 8.78 Å². The minimum atomic E-state index is -0.717. The van der Waals surface area contributed by atoms with Crippen LogP contribution in [0.25, 0.3) is 0 Å². The van der Waals surface area contributed by atoms with E-state index >= 15 is 0 Å². The van der Waals surface area contributed by atoms with Crippen molar-refractivity contribution in [3.63, 3.8) is 0 Å². The highest BCUT2D eigenvalue weighted by Gasteiger charge is 2.10. The van der Waals surface area contributed by atoms with Crippen molar-refractivity contribution < 1.29 is 8.78 Å². The molecule has 4 N–H and O–H groups in total. The van der Waals surface area contributed by atoms with Crippen LogP contribution in [-0.4, -0.2) is 16.5 Å². The van der Waals surface area contributed by atoms with Gasteiger partial charge in [-0.25, -0.2) is 18.7 Å². The maximum absolute atomic E-state index is 13.6. The number of benzene rings is 1. The molecule has 2 aromatic rings. The molecular formula is C13H15F2N5. The Hall–Kier alpha value is -2.44. The lowest BCUT2D eigenvalue weighted by molar-refractivity contribution is 0.586. The molecule has 0 atom stereocenters. The highest BCUT2D eigenvalue weighted by molar-refractivity contribution is 5.77. The molecule has 20 heavy (non-hydrogen) atoms. The normalized spacial score (nSPS) is 10.3. The summed E-state index contributed by atoms with van der Waals surface area (Å²) in [5, 5.41) is 5.77. The zero-order valence-electron chi connectivity index (χ0n) is 11.0. The highest BCUT2D eigenvalue weighted by Crippen LogP contribution is 2.27. The van der Waals surface area contributed by atoms with E-state index in [1.807, 2.05) is 6.92 Å². The van der Waals surface area contributed by atoms with E-state index in [4.69, 9.17) is 5.73 Å². The Morgan fingerprint density at radius 3 is 2.65 bits per heavy atom. The van der Waals surface area contributed by atoms with Gasteiger partial charge in [0.2, 0.25) is 0 Å². The fraction of sp³-hybridized carbons (Fsp3) is 0.231. The number of nitrogen functional groups attached to an aromatic ring is 1. The molecule has 0 fully saturated rings. The van der Waals surface area contributed by atoms with Crippen LogP contribution < -0.4 is 16.4 Å². The second kappa shape index (κ2) is 6.14. The van der Waals surface area contributed by atoms with E-state index in [0.717, 1.165) is 18.6 Å². The Balaban J connectivity index is 2.24. The largest absolute Gasteiger partial charge is 0.393 e. The average Bonchev–Trinajstić information content (AvgIpc) is 2.42. The van der Waals surface area contributed by atoms with Crippen molar-refractivity contribution in [2.45, 2.75) is 13.3 Å². The van der Waals surface area contributed by atoms with Gasteiger partial charge in [-0.05, 0) is 18.6 Å². The molecule has 1 aromatic heterocycles. The molecule has 0 aliphatic rings. The summed E-state index contributed by atoms with van der Waals surface area (Å²) in [4.78, 5) is 7.97. The van der Waals surface area contributed by atoms with Gasteiger partial charge in [0.15, 0.2) is 11.6 Å². The van der Waals surface area contributed by atoms with Crippen LogP contribution in [0.5, 0.6) is 0 Å². The number of rotatable bonds is 5. The minimum absolute atomic E-state index is 0.0956. The SMILES string of the molecule is CCCNc1ncnc(Nc2ccc(F)cc2F)c1N. The molecule has 0 spiro atoms. The lowest BCUT2D eigenvalue weighted by Crippen LogP contribution is -2.09. The van der Waals surface area contributed by atoms with E-state index < -0.39 is 11.6 Å². The molecule has 0 aliphatic heterocycles. The molecule has 106 valence electrons. The zero-order valence-corrected chi connectivity index (χ0v) is 11.0. The molecule has 0 saturated carbocycles. The maximum Gasteiger partial charge on any atom is 0.159 e. The van der Waals surface area contributed by atoms with Crippen molar-refractivity contribution in [3.05, 3.63) is 36.2 Å². The smallest absolute Gasteiger partial charge is 0.159 e. The topological polar surface area (TPSA) is 75.9 Å². The Kier molecular flexibility index (Phi) is 4.29. The molecule has 7 heteroatoms. The number of hydrogen-bond acceptors (Lipinski definition) is 5. The van der Waals surface area contributed by atoms with Crippen LogP contribution in [0.1, 0.15) is 13.3 Å². The predicted octanol–water partition coefficient (Wildman–Crippen LogP) is 2.90. The van der Waals surface area contributed by atoms with E-state index in [1.54, 1.807) is 0 Å². The van der Waals surface area contributed by atoms with Crippen LogP contribution in [-0.2, 0) is 0 Å². The van der Waals surface area contributed by atoms with Gasteiger partial charge in [-0.1, -0.05) is 6.92 Å². The molecule has 0 bridgehead atoms. The zero-order chi connectivity index (χ0) is 14.5. The number of hydrogen-bond donors (Lipinski definition) is 3. The Bertz CT molecular complexity index is 603. The number of nitrogens with one attached hydrogen (secondary N) is 2. The number of anilines is 4. The average molecular weight is 279 g/mol. The van der Waals surface area contributed by atoms with Crippen molar-refractivity contribution in [3.8, 4) is 0 Å². The number of halogens is 2. The first-order chi connectivity index (χ1) is 9.61. The van der Waals surface area contributed by atoms with E-state index in [0.29, 0.717) is 12.4 Å². The molecule has 0 aliphatic carbocycles. The molecular weight excluding hydrogens is 264 g/mol. The second-order valence-corrected chi connectivity index (χ2v) is 4.16. The molecule has 0 amide bonds. The van der Waals surface area contributed by atoms with Gasteiger partial charge >= 0.3 is 0 Å². The van der Waals surface area contributed by atoms with Crippen molar-refractivity contribution in [1.29, 1.82) is 0 Å². The van der Waals surface area contributed by atoms with Gasteiger partial charge in [0, 0.05) is 12.6 Å². The van der Waals surface area contributed by atoms with E-state index in [-0.39, 0.29) is 17.2 Å². The molecule has 0 radical (unpaired) electrons. The summed E-state index contributed by atoms with van der Waals surface area (Å²) in [6.07, 6.45) is 2.23. The van der Waals surface area contributed by atoms with E-state index in [1.165, 1.54) is 12.4 Å². The first-order valence-corrected chi connectivity index (χ1v) is 6.18. The van der Waals surface area contributed by atoms with Gasteiger partial charge in [-0.3, -0.25) is 0 Å². The Labute approximate surface area is 115 Å². The number of aromatic nitrogens is 2. The second-order valence-electron chi connectivity index (χ2n) is 4.16. The lowest BCUT2D eigenvalue weighted by atomic mass is 10.3. The van der Waals surface area contributed by atoms with Gasteiger partial charge in [0.05, 0.1) is 5.69 Å². The van der Waals surface area contributed by atoms with Crippen LogP contribution >= 0.6 is 0 Å². The molecule has 1 heterocycles. The van der Waals surface area contributed by atoms with Crippen LogP contribution in [0, 0.1) is 11.6 Å². The lowest BCUT2D eigenvalue weighted by Gasteiger charge is -2.12. The van der Waals surface area contributed by atoms with Gasteiger partial charge in [-0.15, -0.1) is 0 Å². The summed E-state index contributed by atoms with van der Waals surface area (Å²) in [5.74, 6) is -0.615. The summed E-state index contributed by atoms with van der Waals surface area (Å²) >= 11 is 0. The first kappa shape index (κ1) is 14.0. The van der Waals surface area contributed by atoms with Gasteiger partial charge < -0.3 is 16.4 Å². The summed E-state index contributed by atoms with van der Waals surface area (Å²) in [6, 6.07) is 3.22. The van der Waals surface area contributed by atoms with Gasteiger partial charge in [-0.2, -0.15) is 0 Å². The Morgan fingerprint density at radius 2 is 1.95 bits per heavy atom. The van der Waals surface area contributed by atoms with Crippen LogP contribution in [0.4, 0.5) is 31.8 Å². The number of nitrogens with two attached hydrogens (primary N) is 1. The fourth-order valence-electron chi connectivity index (χ4n) is 1.60. The monoisotopic (exact) mass is 279 g/mol. The third-order valence-electron chi connectivity index (χ3n) is 2.61. The standard InChI is InChI=1S/C13H15F2N5/c1-2-5-17-12-11(16)13(19-7-18-12)20-10-4-3-8(14)6-9(10)15/h3-4,6-7H,2,5,16H2,1H3,(H2,17,18,19,20). The minimum Gasteiger partial charge on any atom is -0.393 e. The molecule has 0 unspecified atom stereocenters. The van der Waals surface area contributed by atoms with Crippen molar-refractivity contribution in [1.82, 2.24) is 9.97 Å². The summed E-state index contributed by atoms with van der Waals surface area (Å²) < 4.78 is 26.4. The van der Waals surface area contributed by atoms with Crippen LogP contribution in [0.15, 0.2) is 24.5 Å². The summed E-state index contributed by atoms with van der Waals surface area (Å²) in [7, 11) is 0. The third kappa shape index (κ3) is 3.11. The molecule has 2 rings (SSSR count). The van der Waals surface area contributed by atoms with Gasteiger partial charge in [0.25, 0.3) is 0 Å². The molecule has 5 nitrogen and oxygen atoms in total. The molecule has 1 aromatic carbocycles. The fourth-order valence-corrected chi connectivity index (χ4v) is 1.60. The van der Waals surface area contributed by atoms with Gasteiger partial charge in [0.1, 0.15) is 23.6 Å². The van der Waals surface area contributed by atoms with Crippen molar-refractivity contribution in [2.24, 2.45) is 0 Å². The maximum atomic E-state index is 13.6. The third-order valence-corrected chi connectivity index (χ3v) is 2.61. The highest BCUT2D eigenvalue weighted by atomic mass is 19.1. The van der Waals surface area contributed by atoms with Crippen molar-refractivity contribution >= 4 is 23.0 Å². The first-order valence-electron chi connectivity index (χ1n) is 6.18. The summed E-state index contributed by atoms with van der Waals surface area (Å²) in [6.45, 7) is 2.73. The van der Waals surface area contributed by atoms with E-state index in [2.05, 4.69) is 20.6 Å². The van der Waals surface area contributed by atoms with Crippen LogP contribution in [0.3, 0.4) is 0 Å². The van der Waals surface area contributed by atoms with Crippen LogP contribution in [0.2, 0.25) is 0 Å². The van der Waals surface area contributed by atoms with Crippen molar-refractivity contribution in [2.75, 3.05) is 22.9 Å². The molecule has 0 saturated heterocycles. The summed E-state index contributed by atoms with van der Waals surface area (Å²) in [5.41, 5.74) is 6.28. The predicted molar refractivity (Wildman–Crippen MR) is 74.9 cm³/mol. The number of nitrogens with zero attached hydrogens (tertiary/aromatic N) is 2. The Morgan fingerprint density at radius 1 is 1.20 bits per heavy atom. The quantitative estimate of drug-likeness (QED) is 0.784.